The number of aromatic nitrogens is 1. The van der Waals surface area contributed by atoms with Crippen molar-refractivity contribution in [2.75, 3.05) is 5.75 Å². The molecule has 0 fully saturated rings. The molecule has 1 aliphatic heterocycles. The van der Waals surface area contributed by atoms with Crippen LogP contribution >= 0.6 is 30.9 Å². The van der Waals surface area contributed by atoms with Gasteiger partial charge < -0.3 is 28.8 Å². The Balaban J connectivity index is 0.00000192. The number of hydrogen-bond donors (Lipinski definition) is 0. The number of rotatable bonds is 4. The number of aliphatic imine (C=N–C) groups is 1. The SMILES string of the molecule is O=C([O-])C1CSC(c2nc3ccc(OP(=O)([O-])[O-])cc3s2)=N1.[Na+].[Na+].[Na+]. The average Bonchev–Trinajstić information content (AvgIpc) is 3.02. The monoisotopic (exact) mass is 426 g/mol. The van der Waals surface area contributed by atoms with Crippen molar-refractivity contribution in [1.29, 1.82) is 0 Å². The molecule has 3 rings (SSSR count). The van der Waals surface area contributed by atoms with E-state index in [-0.39, 0.29) is 100 Å². The van der Waals surface area contributed by atoms with E-state index >= 15 is 0 Å². The second-order valence-electron chi connectivity index (χ2n) is 4.27. The van der Waals surface area contributed by atoms with Gasteiger partial charge in [0.05, 0.1) is 16.2 Å². The zero-order valence-electron chi connectivity index (χ0n) is 13.6. The Bertz CT molecular complexity index is 842. The third-order valence-electron chi connectivity index (χ3n) is 2.68. The number of phosphoric acid groups is 1. The summed E-state index contributed by atoms with van der Waals surface area (Å²) in [5, 5.41) is 11.8. The summed E-state index contributed by atoms with van der Waals surface area (Å²) < 4.78 is 15.5. The molecule has 0 bridgehead atoms. The molecule has 2 heterocycles. The molecule has 1 aromatic heterocycles. The van der Waals surface area contributed by atoms with E-state index in [9.17, 15) is 24.3 Å². The number of thiazole rings is 1. The number of carbonyl (C=O) groups excluding carboxylic acids is 1. The van der Waals surface area contributed by atoms with Crippen LogP contribution in [0.1, 0.15) is 5.01 Å². The van der Waals surface area contributed by atoms with E-state index in [0.717, 1.165) is 0 Å². The van der Waals surface area contributed by atoms with Gasteiger partial charge in [-0.05, 0) is 18.2 Å². The van der Waals surface area contributed by atoms with E-state index in [2.05, 4.69) is 14.5 Å². The Hall–Kier alpha value is 1.55. The fourth-order valence-electron chi connectivity index (χ4n) is 1.79. The van der Waals surface area contributed by atoms with E-state index < -0.39 is 19.8 Å². The zero-order chi connectivity index (χ0) is 15.9. The smallest absolute Gasteiger partial charge is 0.780 e. The molecule has 0 saturated carbocycles. The van der Waals surface area contributed by atoms with E-state index in [1.807, 2.05) is 0 Å². The largest absolute Gasteiger partial charge is 1.00 e. The summed E-state index contributed by atoms with van der Waals surface area (Å²) >= 11 is 2.46. The Morgan fingerprint density at radius 2 is 1.96 bits per heavy atom. The fourth-order valence-corrected chi connectivity index (χ4v) is 4.25. The summed E-state index contributed by atoms with van der Waals surface area (Å²) in [5.41, 5.74) is 0.569. The molecule has 0 spiro atoms. The van der Waals surface area contributed by atoms with Crippen molar-refractivity contribution in [3.05, 3.63) is 23.2 Å². The van der Waals surface area contributed by atoms with Crippen molar-refractivity contribution in [1.82, 2.24) is 4.98 Å². The van der Waals surface area contributed by atoms with Gasteiger partial charge in [0.1, 0.15) is 29.7 Å². The molecule has 1 atom stereocenters. The average molecular weight is 426 g/mol. The van der Waals surface area contributed by atoms with Gasteiger partial charge >= 0.3 is 88.7 Å². The Morgan fingerprint density at radius 1 is 1.28 bits per heavy atom. The van der Waals surface area contributed by atoms with Crippen LogP contribution in [0.5, 0.6) is 5.75 Å². The first-order valence-electron chi connectivity index (χ1n) is 5.86. The molecule has 0 amide bonds. The number of phosphoric ester groups is 1. The first kappa shape index (κ1) is 26.6. The summed E-state index contributed by atoms with van der Waals surface area (Å²) in [6.45, 7) is 0. The quantitative estimate of drug-likeness (QED) is 0.347. The summed E-state index contributed by atoms with van der Waals surface area (Å²) in [4.78, 5) is 40.3. The van der Waals surface area contributed by atoms with Gasteiger partial charge in [-0.2, -0.15) is 0 Å². The molecule has 0 radical (unpaired) electrons. The van der Waals surface area contributed by atoms with E-state index in [0.29, 0.717) is 20.3 Å². The molecule has 2 aromatic rings. The second-order valence-corrected chi connectivity index (χ2v) is 7.38. The second kappa shape index (κ2) is 10.9. The number of thioether (sulfide) groups is 1. The molecule has 1 aromatic carbocycles. The number of carboxylic acids is 1. The number of carboxylic acid groups (broad SMARTS) is 1. The molecular formula is C11H6N2Na3O6PS2. The number of carbonyl (C=O) groups is 1. The normalized spacial score (nSPS) is 16.2. The number of hydrogen-bond acceptors (Lipinski definition) is 10. The number of aliphatic carboxylic acids is 1. The van der Waals surface area contributed by atoms with Gasteiger partial charge in [0, 0.05) is 5.75 Å². The van der Waals surface area contributed by atoms with Gasteiger partial charge in [0.25, 0.3) is 0 Å². The molecule has 8 nitrogen and oxygen atoms in total. The predicted molar refractivity (Wildman–Crippen MR) is 75.6 cm³/mol. The maximum absolute atomic E-state index is 10.8. The molecule has 25 heavy (non-hydrogen) atoms. The molecule has 116 valence electrons. The van der Waals surface area contributed by atoms with Gasteiger partial charge in [-0.1, -0.05) is 0 Å². The maximum Gasteiger partial charge on any atom is 1.00 e. The molecule has 0 N–H and O–H groups in total. The molecular weight excluding hydrogens is 420 g/mol. The van der Waals surface area contributed by atoms with Gasteiger partial charge in [-0.25, -0.2) is 4.98 Å². The molecule has 14 heteroatoms. The van der Waals surface area contributed by atoms with Crippen LogP contribution in [0.4, 0.5) is 0 Å². The molecule has 0 saturated heterocycles. The third kappa shape index (κ3) is 7.14. The minimum Gasteiger partial charge on any atom is -0.780 e. The summed E-state index contributed by atoms with van der Waals surface area (Å²) in [6, 6.07) is 3.33. The Labute approximate surface area is 217 Å². The van der Waals surface area contributed by atoms with Crippen molar-refractivity contribution < 1.29 is 117 Å². The van der Waals surface area contributed by atoms with Crippen molar-refractivity contribution in [2.45, 2.75) is 6.04 Å². The van der Waals surface area contributed by atoms with E-state index in [4.69, 9.17) is 0 Å². The number of nitrogens with zero attached hydrogens (tertiary/aromatic N) is 2. The van der Waals surface area contributed by atoms with Crippen LogP contribution in [0.25, 0.3) is 10.2 Å². The van der Waals surface area contributed by atoms with Crippen molar-refractivity contribution in [3.63, 3.8) is 0 Å². The van der Waals surface area contributed by atoms with Gasteiger partial charge in [-0.15, -0.1) is 23.1 Å². The minimum atomic E-state index is -5.11. The van der Waals surface area contributed by atoms with Crippen LogP contribution in [0.15, 0.2) is 23.2 Å². The summed E-state index contributed by atoms with van der Waals surface area (Å²) in [6.07, 6.45) is 0. The number of benzene rings is 1. The zero-order valence-corrected chi connectivity index (χ0v) is 22.2. The van der Waals surface area contributed by atoms with E-state index in [1.54, 1.807) is 0 Å². The van der Waals surface area contributed by atoms with Gasteiger partial charge in [-0.3, -0.25) is 4.99 Å². The van der Waals surface area contributed by atoms with Crippen molar-refractivity contribution in [2.24, 2.45) is 4.99 Å². The molecule has 1 aliphatic rings. The van der Waals surface area contributed by atoms with Gasteiger partial charge in [0.2, 0.25) is 0 Å². The summed E-state index contributed by atoms with van der Waals surface area (Å²) in [7, 11) is -5.11. The van der Waals surface area contributed by atoms with Crippen molar-refractivity contribution in [3.8, 4) is 5.75 Å². The summed E-state index contributed by atoms with van der Waals surface area (Å²) in [5.74, 6) is -1.04. The van der Waals surface area contributed by atoms with Gasteiger partial charge in [0.15, 0.2) is 0 Å². The van der Waals surface area contributed by atoms with Crippen LogP contribution < -0.4 is 108 Å². The van der Waals surface area contributed by atoms with Crippen molar-refractivity contribution >= 4 is 52.2 Å². The van der Waals surface area contributed by atoms with Crippen LogP contribution in [0, 0.1) is 0 Å². The minimum absolute atomic E-state index is 0. The Morgan fingerprint density at radius 3 is 2.52 bits per heavy atom. The first-order valence-corrected chi connectivity index (χ1v) is 9.12. The van der Waals surface area contributed by atoms with Crippen LogP contribution in [-0.4, -0.2) is 27.8 Å². The topological polar surface area (TPSA) is 138 Å². The van der Waals surface area contributed by atoms with Crippen LogP contribution in [0.3, 0.4) is 0 Å². The fraction of sp³-hybridized carbons (Fsp3) is 0.182. The number of fused-ring (bicyclic) bond motifs is 1. The van der Waals surface area contributed by atoms with E-state index in [1.165, 1.54) is 41.3 Å². The van der Waals surface area contributed by atoms with Crippen LogP contribution in [-0.2, 0) is 9.36 Å². The Kier molecular flexibility index (Phi) is 11.6. The molecule has 1 unspecified atom stereocenters. The standard InChI is InChI=1S/C11H9N2O6PS2.3Na/c14-11(15)7-4-21-9(13-7)10-12-6-2-1-5(3-8(6)22-10)19-20(16,17)18;;;/h1-3,7H,4H2,(H,14,15)(H2,16,17,18);;;/q;3*+1/p-3. The third-order valence-corrected chi connectivity index (χ3v) is 5.33. The maximum atomic E-state index is 10.8. The van der Waals surface area contributed by atoms with Crippen LogP contribution in [0.2, 0.25) is 0 Å². The molecule has 0 aliphatic carbocycles. The first-order chi connectivity index (χ1) is 10.3. The predicted octanol–water partition coefficient (Wildman–Crippen LogP) is -9.87.